The molecule has 1 fully saturated rings. The lowest BCUT2D eigenvalue weighted by atomic mass is 10.1. The predicted molar refractivity (Wildman–Crippen MR) is 44.0 cm³/mol. The monoisotopic (exact) mass is 190 g/mol. The molecular formula is C6H10N2O3S. The second-order valence-corrected chi connectivity index (χ2v) is 3.73. The summed E-state index contributed by atoms with van der Waals surface area (Å²) in [5, 5.41) is 11.1. The number of nitriles is 1. The van der Waals surface area contributed by atoms with Crippen LogP contribution in [0.25, 0.3) is 0 Å². The molecule has 6 heteroatoms. The maximum atomic E-state index is 9.19. The summed E-state index contributed by atoms with van der Waals surface area (Å²) < 4.78 is 25.9. The van der Waals surface area contributed by atoms with Crippen molar-refractivity contribution in [3.63, 3.8) is 0 Å². The molecule has 0 aromatic heterocycles. The molecule has 0 radical (unpaired) electrons. The van der Waals surface area contributed by atoms with E-state index in [0.29, 0.717) is 6.26 Å². The number of rotatable bonds is 0. The first-order chi connectivity index (χ1) is 5.43. The van der Waals surface area contributed by atoms with Gasteiger partial charge in [-0.05, 0) is 5.57 Å². The van der Waals surface area contributed by atoms with Crippen LogP contribution in [0.5, 0.6) is 0 Å². The smallest absolute Gasteiger partial charge is 0.261 e. The van der Waals surface area contributed by atoms with Gasteiger partial charge in [-0.25, -0.2) is 0 Å². The second kappa shape index (κ2) is 4.87. The Bertz CT molecular complexity index is 285. The standard InChI is InChI=1S/C5H6N2.CH4O3S/c6-2-1-5-3-7-4-5;1-5(2,3)4/h1,7H,3-4H2;1H3,(H,2,3,4). The summed E-state index contributed by atoms with van der Waals surface area (Å²) in [6, 6.07) is 1.97. The third-order valence-electron chi connectivity index (χ3n) is 0.973. The van der Waals surface area contributed by atoms with Gasteiger partial charge in [-0.15, -0.1) is 0 Å². The van der Waals surface area contributed by atoms with Crippen LogP contribution in [0.1, 0.15) is 0 Å². The molecule has 0 aromatic carbocycles. The highest BCUT2D eigenvalue weighted by molar-refractivity contribution is 7.85. The topological polar surface area (TPSA) is 90.2 Å². The summed E-state index contributed by atoms with van der Waals surface area (Å²) in [4.78, 5) is 0. The summed E-state index contributed by atoms with van der Waals surface area (Å²) in [5.41, 5.74) is 1.21. The molecule has 1 aliphatic rings. The number of allylic oxidation sites excluding steroid dienone is 1. The van der Waals surface area contributed by atoms with Crippen LogP contribution >= 0.6 is 0 Å². The molecule has 12 heavy (non-hydrogen) atoms. The van der Waals surface area contributed by atoms with E-state index in [-0.39, 0.29) is 0 Å². The molecule has 1 saturated heterocycles. The third-order valence-corrected chi connectivity index (χ3v) is 0.973. The van der Waals surface area contributed by atoms with E-state index in [1.54, 1.807) is 6.08 Å². The van der Waals surface area contributed by atoms with E-state index >= 15 is 0 Å². The Kier molecular flexibility index (Phi) is 4.51. The zero-order valence-corrected chi connectivity index (χ0v) is 7.43. The van der Waals surface area contributed by atoms with E-state index in [0.717, 1.165) is 13.1 Å². The second-order valence-electron chi connectivity index (χ2n) is 2.27. The minimum atomic E-state index is -3.67. The molecule has 2 N–H and O–H groups in total. The van der Waals surface area contributed by atoms with Gasteiger partial charge in [0.15, 0.2) is 0 Å². The maximum absolute atomic E-state index is 9.19. The highest BCUT2D eigenvalue weighted by atomic mass is 32.2. The van der Waals surface area contributed by atoms with E-state index in [1.807, 2.05) is 6.07 Å². The van der Waals surface area contributed by atoms with Crippen LogP contribution in [0.4, 0.5) is 0 Å². The molecule has 0 saturated carbocycles. The minimum Gasteiger partial charge on any atom is -0.309 e. The van der Waals surface area contributed by atoms with Crippen molar-refractivity contribution in [2.75, 3.05) is 19.3 Å². The fourth-order valence-electron chi connectivity index (χ4n) is 0.463. The van der Waals surface area contributed by atoms with Gasteiger partial charge in [0.2, 0.25) is 0 Å². The van der Waals surface area contributed by atoms with Crippen molar-refractivity contribution < 1.29 is 13.0 Å². The van der Waals surface area contributed by atoms with Gasteiger partial charge in [0.1, 0.15) is 0 Å². The number of hydrogen-bond donors (Lipinski definition) is 2. The van der Waals surface area contributed by atoms with Gasteiger partial charge in [0.05, 0.1) is 12.3 Å². The fourth-order valence-corrected chi connectivity index (χ4v) is 0.463. The van der Waals surface area contributed by atoms with Crippen molar-refractivity contribution >= 4 is 10.1 Å². The number of nitrogens with zero attached hydrogens (tertiary/aromatic N) is 1. The first-order valence-electron chi connectivity index (χ1n) is 3.14. The van der Waals surface area contributed by atoms with E-state index in [9.17, 15) is 8.42 Å². The van der Waals surface area contributed by atoms with Gasteiger partial charge in [0.25, 0.3) is 10.1 Å². The zero-order valence-electron chi connectivity index (χ0n) is 6.61. The molecule has 0 bridgehead atoms. The van der Waals surface area contributed by atoms with Crippen molar-refractivity contribution in [2.45, 2.75) is 0 Å². The van der Waals surface area contributed by atoms with E-state index in [1.165, 1.54) is 5.57 Å². The van der Waals surface area contributed by atoms with Gasteiger partial charge in [0, 0.05) is 19.2 Å². The van der Waals surface area contributed by atoms with Crippen molar-refractivity contribution in [2.24, 2.45) is 0 Å². The van der Waals surface area contributed by atoms with E-state index in [4.69, 9.17) is 9.81 Å². The molecule has 5 nitrogen and oxygen atoms in total. The summed E-state index contributed by atoms with van der Waals surface area (Å²) in [6.07, 6.45) is 2.31. The molecule has 0 amide bonds. The highest BCUT2D eigenvalue weighted by Crippen LogP contribution is 1.97. The van der Waals surface area contributed by atoms with Crippen LogP contribution in [0, 0.1) is 11.3 Å². The largest absolute Gasteiger partial charge is 0.309 e. The lowest BCUT2D eigenvalue weighted by Gasteiger charge is -2.16. The first-order valence-corrected chi connectivity index (χ1v) is 4.99. The van der Waals surface area contributed by atoms with Gasteiger partial charge < -0.3 is 5.32 Å². The normalized spacial score (nSPS) is 14.9. The predicted octanol–water partition coefficient (Wildman–Crippen LogP) is -0.456. The minimum absolute atomic E-state index is 0.715. The van der Waals surface area contributed by atoms with Crippen molar-refractivity contribution in [3.8, 4) is 6.07 Å². The molecule has 0 spiro atoms. The zero-order chi connectivity index (χ0) is 9.61. The van der Waals surface area contributed by atoms with Crippen LogP contribution in [0.2, 0.25) is 0 Å². The Hall–Kier alpha value is -0.900. The van der Waals surface area contributed by atoms with E-state index in [2.05, 4.69) is 5.32 Å². The summed E-state index contributed by atoms with van der Waals surface area (Å²) in [6.45, 7) is 1.82. The molecule has 1 rings (SSSR count). The van der Waals surface area contributed by atoms with Gasteiger partial charge in [-0.3, -0.25) is 4.55 Å². The summed E-state index contributed by atoms with van der Waals surface area (Å²) >= 11 is 0. The van der Waals surface area contributed by atoms with Crippen LogP contribution in [-0.4, -0.2) is 32.3 Å². The molecule has 0 unspecified atom stereocenters. The average molecular weight is 190 g/mol. The van der Waals surface area contributed by atoms with Crippen LogP contribution in [0.15, 0.2) is 11.6 Å². The average Bonchev–Trinajstić information content (AvgIpc) is 1.74. The summed E-state index contributed by atoms with van der Waals surface area (Å²) in [5.74, 6) is 0. The van der Waals surface area contributed by atoms with Crippen molar-refractivity contribution in [1.29, 1.82) is 5.26 Å². The molecule has 0 aromatic rings. The SMILES string of the molecule is CS(=O)(=O)O.N#CC=C1CNC1. The number of hydrogen-bond acceptors (Lipinski definition) is 4. The highest BCUT2D eigenvalue weighted by Gasteiger charge is 2.04. The molecule has 0 aliphatic carbocycles. The molecule has 1 aliphatic heterocycles. The van der Waals surface area contributed by atoms with Gasteiger partial charge >= 0.3 is 0 Å². The van der Waals surface area contributed by atoms with Crippen LogP contribution < -0.4 is 5.32 Å². The molecular weight excluding hydrogens is 180 g/mol. The lowest BCUT2D eigenvalue weighted by Crippen LogP contribution is -2.33. The lowest BCUT2D eigenvalue weighted by molar-refractivity contribution is 0.490. The Morgan fingerprint density at radius 2 is 2.08 bits per heavy atom. The van der Waals surface area contributed by atoms with Crippen LogP contribution in [-0.2, 0) is 10.1 Å². The maximum Gasteiger partial charge on any atom is 0.261 e. The van der Waals surface area contributed by atoms with Crippen LogP contribution in [0.3, 0.4) is 0 Å². The van der Waals surface area contributed by atoms with Gasteiger partial charge in [-0.2, -0.15) is 13.7 Å². The number of nitrogens with one attached hydrogen (secondary N) is 1. The quantitative estimate of drug-likeness (QED) is 0.398. The summed E-state index contributed by atoms with van der Waals surface area (Å²) in [7, 11) is -3.67. The Balaban J connectivity index is 0.000000217. The van der Waals surface area contributed by atoms with Gasteiger partial charge in [-0.1, -0.05) is 0 Å². The molecule has 0 atom stereocenters. The molecule has 1 heterocycles. The van der Waals surface area contributed by atoms with Crippen molar-refractivity contribution in [1.82, 2.24) is 5.32 Å². The Labute approximate surface area is 71.4 Å². The fraction of sp³-hybridized carbons (Fsp3) is 0.500. The first kappa shape index (κ1) is 11.1. The Morgan fingerprint density at radius 1 is 1.67 bits per heavy atom. The molecule has 68 valence electrons. The van der Waals surface area contributed by atoms with E-state index < -0.39 is 10.1 Å². The van der Waals surface area contributed by atoms with Crippen molar-refractivity contribution in [3.05, 3.63) is 11.6 Å². The Morgan fingerprint density at radius 3 is 2.17 bits per heavy atom. The third kappa shape index (κ3) is 9.10.